The van der Waals surface area contributed by atoms with Gasteiger partial charge in [-0.05, 0) is 49.4 Å². The van der Waals surface area contributed by atoms with E-state index in [2.05, 4.69) is 52.9 Å². The van der Waals surface area contributed by atoms with Gasteiger partial charge in [0.15, 0.2) is 5.96 Å². The molecular formula is C25H33N3O3. The fourth-order valence-electron chi connectivity index (χ4n) is 4.15. The lowest BCUT2D eigenvalue weighted by Crippen LogP contribution is -2.39. The summed E-state index contributed by atoms with van der Waals surface area (Å²) in [5, 5.41) is 6.91. The maximum Gasteiger partial charge on any atom is 0.191 e. The van der Waals surface area contributed by atoms with Crippen LogP contribution in [0, 0.1) is 6.92 Å². The van der Waals surface area contributed by atoms with E-state index >= 15 is 0 Å². The zero-order valence-corrected chi connectivity index (χ0v) is 18.5. The Balaban J connectivity index is 1.32. The average molecular weight is 424 g/mol. The van der Waals surface area contributed by atoms with Gasteiger partial charge in [-0.25, -0.2) is 0 Å². The van der Waals surface area contributed by atoms with E-state index in [0.29, 0.717) is 19.1 Å². The average Bonchev–Trinajstić information content (AvgIpc) is 3.32. The summed E-state index contributed by atoms with van der Waals surface area (Å²) in [7, 11) is 1.80. The van der Waals surface area contributed by atoms with Crippen LogP contribution < -0.4 is 20.1 Å². The molecular weight excluding hydrogens is 390 g/mol. The fourth-order valence-corrected chi connectivity index (χ4v) is 4.15. The smallest absolute Gasteiger partial charge is 0.191 e. The molecule has 2 aromatic rings. The molecule has 0 saturated carbocycles. The molecule has 6 nitrogen and oxygen atoms in total. The lowest BCUT2D eigenvalue weighted by atomic mass is 9.93. The number of benzene rings is 2. The molecule has 2 aromatic carbocycles. The van der Waals surface area contributed by atoms with Gasteiger partial charge in [-0.1, -0.05) is 30.3 Å². The summed E-state index contributed by atoms with van der Waals surface area (Å²) in [6.07, 6.45) is 3.40. The summed E-state index contributed by atoms with van der Waals surface area (Å²) in [4.78, 5) is 4.40. The number of aryl methyl sites for hydroxylation is 1. The Hall–Kier alpha value is -2.73. The van der Waals surface area contributed by atoms with Crippen LogP contribution in [0.3, 0.4) is 0 Å². The summed E-state index contributed by atoms with van der Waals surface area (Å²) in [5.74, 6) is 3.11. The third kappa shape index (κ3) is 5.70. The van der Waals surface area contributed by atoms with Gasteiger partial charge in [0.25, 0.3) is 0 Å². The first-order valence-corrected chi connectivity index (χ1v) is 11.2. The molecule has 0 spiro atoms. The highest BCUT2D eigenvalue weighted by atomic mass is 16.5. The maximum atomic E-state index is 6.12. The zero-order valence-electron chi connectivity index (χ0n) is 18.5. The lowest BCUT2D eigenvalue weighted by Gasteiger charge is -2.26. The number of guanidine groups is 1. The van der Waals surface area contributed by atoms with Gasteiger partial charge in [0.05, 0.1) is 12.7 Å². The highest BCUT2D eigenvalue weighted by Gasteiger charge is 2.21. The number of nitrogens with zero attached hydrogens (tertiary/aromatic N) is 1. The van der Waals surface area contributed by atoms with Crippen LogP contribution in [0.5, 0.6) is 11.5 Å². The van der Waals surface area contributed by atoms with Crippen LogP contribution >= 0.6 is 0 Å². The minimum absolute atomic E-state index is 0.207. The summed E-state index contributed by atoms with van der Waals surface area (Å²) in [6, 6.07) is 14.6. The number of hydrogen-bond donors (Lipinski definition) is 2. The molecule has 2 aliphatic heterocycles. The third-order valence-electron chi connectivity index (χ3n) is 5.94. The number of rotatable bonds is 7. The van der Waals surface area contributed by atoms with Gasteiger partial charge in [0.1, 0.15) is 18.1 Å². The minimum atomic E-state index is 0.207. The van der Waals surface area contributed by atoms with Gasteiger partial charge >= 0.3 is 0 Å². The molecule has 2 N–H and O–H groups in total. The molecule has 166 valence electrons. The molecule has 4 rings (SSSR count). The van der Waals surface area contributed by atoms with E-state index in [1.165, 1.54) is 11.1 Å². The number of hydrogen-bond acceptors (Lipinski definition) is 4. The van der Waals surface area contributed by atoms with Gasteiger partial charge in [-0.15, -0.1) is 0 Å². The van der Waals surface area contributed by atoms with Crippen molar-refractivity contribution in [1.82, 2.24) is 10.6 Å². The minimum Gasteiger partial charge on any atom is -0.493 e. The van der Waals surface area contributed by atoms with Gasteiger partial charge in [-0.3, -0.25) is 4.99 Å². The first-order valence-electron chi connectivity index (χ1n) is 11.2. The topological polar surface area (TPSA) is 64.1 Å². The van der Waals surface area contributed by atoms with Crippen LogP contribution in [0.15, 0.2) is 47.5 Å². The normalized spacial score (nSPS) is 20.6. The van der Waals surface area contributed by atoms with Crippen molar-refractivity contribution >= 4 is 5.96 Å². The SMILES string of the molecule is CN=C(NCc1ccc(C)cc1OCC1CCCO1)NCC1CCOc2ccccc21. The Morgan fingerprint density at radius 1 is 1.13 bits per heavy atom. The van der Waals surface area contributed by atoms with Crippen molar-refractivity contribution in [1.29, 1.82) is 0 Å². The fraction of sp³-hybridized carbons (Fsp3) is 0.480. The number of para-hydroxylation sites is 1. The van der Waals surface area contributed by atoms with Crippen LogP contribution in [0.2, 0.25) is 0 Å². The van der Waals surface area contributed by atoms with Gasteiger partial charge in [0, 0.05) is 38.2 Å². The molecule has 1 fully saturated rings. The molecule has 1 saturated heterocycles. The Bertz CT molecular complexity index is 893. The molecule has 2 unspecified atom stereocenters. The van der Waals surface area contributed by atoms with Crippen LogP contribution in [0.25, 0.3) is 0 Å². The highest BCUT2D eigenvalue weighted by Crippen LogP contribution is 2.32. The molecule has 0 aliphatic carbocycles. The molecule has 0 aromatic heterocycles. The monoisotopic (exact) mass is 423 g/mol. The van der Waals surface area contributed by atoms with Crippen molar-refractivity contribution in [2.24, 2.45) is 4.99 Å². The van der Waals surface area contributed by atoms with E-state index in [0.717, 1.165) is 62.0 Å². The van der Waals surface area contributed by atoms with E-state index in [9.17, 15) is 0 Å². The number of ether oxygens (including phenoxy) is 3. The Morgan fingerprint density at radius 2 is 2.03 bits per heavy atom. The van der Waals surface area contributed by atoms with Crippen LogP contribution in [0.1, 0.15) is 41.9 Å². The van der Waals surface area contributed by atoms with Gasteiger partial charge < -0.3 is 24.8 Å². The molecule has 0 amide bonds. The summed E-state index contributed by atoms with van der Waals surface area (Å²) in [6.45, 7) is 5.75. The van der Waals surface area contributed by atoms with Crippen molar-refractivity contribution in [3.05, 3.63) is 59.2 Å². The Kier molecular flexibility index (Phi) is 7.30. The maximum absolute atomic E-state index is 6.12. The molecule has 2 atom stereocenters. The number of aliphatic imine (C=N–C) groups is 1. The van der Waals surface area contributed by atoms with E-state index in [4.69, 9.17) is 14.2 Å². The van der Waals surface area contributed by atoms with Crippen molar-refractivity contribution in [2.75, 3.05) is 33.4 Å². The number of nitrogens with one attached hydrogen (secondary N) is 2. The zero-order chi connectivity index (χ0) is 21.5. The summed E-state index contributed by atoms with van der Waals surface area (Å²) < 4.78 is 17.6. The second-order valence-corrected chi connectivity index (χ2v) is 8.24. The van der Waals surface area contributed by atoms with E-state index in [1.807, 2.05) is 12.1 Å². The Morgan fingerprint density at radius 3 is 2.87 bits per heavy atom. The van der Waals surface area contributed by atoms with Crippen LogP contribution in [-0.2, 0) is 11.3 Å². The van der Waals surface area contributed by atoms with E-state index in [-0.39, 0.29) is 6.10 Å². The van der Waals surface area contributed by atoms with Crippen molar-refractivity contribution in [2.45, 2.75) is 44.8 Å². The summed E-state index contributed by atoms with van der Waals surface area (Å²) >= 11 is 0. The van der Waals surface area contributed by atoms with Crippen molar-refractivity contribution in [3.63, 3.8) is 0 Å². The Labute approximate surface area is 185 Å². The van der Waals surface area contributed by atoms with Crippen molar-refractivity contribution < 1.29 is 14.2 Å². The highest BCUT2D eigenvalue weighted by molar-refractivity contribution is 5.79. The van der Waals surface area contributed by atoms with E-state index in [1.54, 1.807) is 7.05 Å². The van der Waals surface area contributed by atoms with Gasteiger partial charge in [-0.2, -0.15) is 0 Å². The summed E-state index contributed by atoms with van der Waals surface area (Å²) in [5.41, 5.74) is 3.56. The molecule has 2 heterocycles. The largest absolute Gasteiger partial charge is 0.493 e. The predicted molar refractivity (Wildman–Crippen MR) is 123 cm³/mol. The molecule has 0 bridgehead atoms. The number of fused-ring (bicyclic) bond motifs is 1. The standard InChI is InChI=1S/C25H33N3O3/c1-18-9-10-20(24(14-18)31-17-21-6-5-12-29-21)16-28-25(26-2)27-15-19-11-13-30-23-8-4-3-7-22(19)23/h3-4,7-10,14,19,21H,5-6,11-13,15-17H2,1-2H3,(H2,26,27,28). The van der Waals surface area contributed by atoms with Gasteiger partial charge in [0.2, 0.25) is 0 Å². The van der Waals surface area contributed by atoms with Crippen LogP contribution in [0.4, 0.5) is 0 Å². The molecule has 6 heteroatoms. The van der Waals surface area contributed by atoms with Crippen molar-refractivity contribution in [3.8, 4) is 11.5 Å². The van der Waals surface area contributed by atoms with Crippen LogP contribution in [-0.4, -0.2) is 45.5 Å². The quantitative estimate of drug-likeness (QED) is 0.524. The predicted octanol–water partition coefficient (Wildman–Crippen LogP) is 3.78. The lowest BCUT2D eigenvalue weighted by molar-refractivity contribution is 0.0676. The molecule has 31 heavy (non-hydrogen) atoms. The van der Waals surface area contributed by atoms with E-state index < -0.39 is 0 Å². The first-order chi connectivity index (χ1) is 15.2. The second kappa shape index (κ2) is 10.5. The third-order valence-corrected chi connectivity index (χ3v) is 5.94. The first kappa shape index (κ1) is 21.5. The molecule has 2 aliphatic rings. The molecule has 0 radical (unpaired) electrons. The second-order valence-electron chi connectivity index (χ2n) is 8.24.